The standard InChI is InChI=1S/C14H12N2O/c1-11-2-4-12(5-3-11)17-13-6-8-16-9-7-15-14(16)10-13/h2-10H,1H3. The van der Waals surface area contributed by atoms with Crippen molar-refractivity contribution in [3.05, 3.63) is 60.6 Å². The van der Waals surface area contributed by atoms with Gasteiger partial charge in [-0.3, -0.25) is 0 Å². The molecule has 0 N–H and O–H groups in total. The predicted octanol–water partition coefficient (Wildman–Crippen LogP) is 3.44. The van der Waals surface area contributed by atoms with E-state index in [0.29, 0.717) is 0 Å². The van der Waals surface area contributed by atoms with E-state index in [9.17, 15) is 0 Å². The van der Waals surface area contributed by atoms with E-state index in [1.807, 2.05) is 53.2 Å². The monoisotopic (exact) mass is 224 g/mol. The van der Waals surface area contributed by atoms with Gasteiger partial charge in [0.15, 0.2) is 0 Å². The summed E-state index contributed by atoms with van der Waals surface area (Å²) in [6, 6.07) is 11.8. The van der Waals surface area contributed by atoms with Gasteiger partial charge < -0.3 is 9.14 Å². The zero-order valence-corrected chi connectivity index (χ0v) is 9.50. The number of imidazole rings is 1. The van der Waals surface area contributed by atoms with Crippen molar-refractivity contribution in [3.8, 4) is 11.5 Å². The third-order valence-electron chi connectivity index (χ3n) is 2.63. The SMILES string of the molecule is Cc1ccc(Oc2ccn3ccnc3c2)cc1. The molecule has 2 heterocycles. The third-order valence-corrected chi connectivity index (χ3v) is 2.63. The van der Waals surface area contributed by atoms with Crippen molar-refractivity contribution in [2.24, 2.45) is 0 Å². The minimum absolute atomic E-state index is 0.799. The Morgan fingerprint density at radius 2 is 1.82 bits per heavy atom. The van der Waals surface area contributed by atoms with Crippen LogP contribution in [0, 0.1) is 6.92 Å². The molecule has 3 aromatic rings. The van der Waals surface area contributed by atoms with Gasteiger partial charge in [0.1, 0.15) is 17.1 Å². The number of aryl methyl sites for hydroxylation is 1. The highest BCUT2D eigenvalue weighted by molar-refractivity contribution is 5.45. The number of nitrogens with zero attached hydrogens (tertiary/aromatic N) is 2. The van der Waals surface area contributed by atoms with Gasteiger partial charge in [-0.1, -0.05) is 17.7 Å². The number of aromatic nitrogens is 2. The van der Waals surface area contributed by atoms with Gasteiger partial charge in [-0.05, 0) is 25.1 Å². The quantitative estimate of drug-likeness (QED) is 0.666. The number of pyridine rings is 1. The Balaban J connectivity index is 1.91. The van der Waals surface area contributed by atoms with Gasteiger partial charge in [0.25, 0.3) is 0 Å². The van der Waals surface area contributed by atoms with Crippen LogP contribution in [0.5, 0.6) is 11.5 Å². The van der Waals surface area contributed by atoms with Crippen molar-refractivity contribution in [2.45, 2.75) is 6.92 Å². The Bertz CT molecular complexity index is 641. The molecule has 1 aromatic carbocycles. The second-order valence-electron chi connectivity index (χ2n) is 3.97. The fraction of sp³-hybridized carbons (Fsp3) is 0.0714. The van der Waals surface area contributed by atoms with E-state index in [2.05, 4.69) is 11.9 Å². The molecule has 0 unspecified atom stereocenters. The number of benzene rings is 1. The predicted molar refractivity (Wildman–Crippen MR) is 66.4 cm³/mol. The van der Waals surface area contributed by atoms with E-state index in [1.165, 1.54) is 5.56 Å². The molecule has 3 nitrogen and oxygen atoms in total. The van der Waals surface area contributed by atoms with E-state index in [4.69, 9.17) is 4.74 Å². The topological polar surface area (TPSA) is 26.5 Å². The molecular weight excluding hydrogens is 212 g/mol. The van der Waals surface area contributed by atoms with Crippen molar-refractivity contribution in [1.82, 2.24) is 9.38 Å². The lowest BCUT2D eigenvalue weighted by molar-refractivity contribution is 0.482. The molecule has 0 saturated heterocycles. The van der Waals surface area contributed by atoms with E-state index in [1.54, 1.807) is 6.20 Å². The third kappa shape index (κ3) is 1.99. The largest absolute Gasteiger partial charge is 0.457 e. The Morgan fingerprint density at radius 1 is 1.00 bits per heavy atom. The average Bonchev–Trinajstić information content (AvgIpc) is 2.79. The fourth-order valence-corrected chi connectivity index (χ4v) is 1.70. The lowest BCUT2D eigenvalue weighted by atomic mass is 10.2. The second kappa shape index (κ2) is 3.94. The van der Waals surface area contributed by atoms with Crippen molar-refractivity contribution < 1.29 is 4.74 Å². The van der Waals surface area contributed by atoms with Crippen LogP contribution in [0.15, 0.2) is 55.0 Å². The van der Waals surface area contributed by atoms with Crippen LogP contribution in [0.3, 0.4) is 0 Å². The molecule has 0 aliphatic carbocycles. The van der Waals surface area contributed by atoms with Gasteiger partial charge in [0.05, 0.1) is 0 Å². The van der Waals surface area contributed by atoms with Crippen molar-refractivity contribution in [3.63, 3.8) is 0 Å². The van der Waals surface area contributed by atoms with Gasteiger partial charge in [-0.15, -0.1) is 0 Å². The summed E-state index contributed by atoms with van der Waals surface area (Å²) in [7, 11) is 0. The molecule has 0 amide bonds. The summed E-state index contributed by atoms with van der Waals surface area (Å²) in [4.78, 5) is 4.22. The summed E-state index contributed by atoms with van der Waals surface area (Å²) >= 11 is 0. The van der Waals surface area contributed by atoms with Crippen molar-refractivity contribution in [2.75, 3.05) is 0 Å². The van der Waals surface area contributed by atoms with Gasteiger partial charge in [-0.25, -0.2) is 4.98 Å². The maximum absolute atomic E-state index is 5.76. The second-order valence-corrected chi connectivity index (χ2v) is 3.97. The molecule has 0 aliphatic rings. The first-order valence-electron chi connectivity index (χ1n) is 5.48. The number of hydrogen-bond donors (Lipinski definition) is 0. The first-order valence-corrected chi connectivity index (χ1v) is 5.48. The summed E-state index contributed by atoms with van der Waals surface area (Å²) in [5.74, 6) is 1.64. The normalized spacial score (nSPS) is 10.6. The highest BCUT2D eigenvalue weighted by Gasteiger charge is 1.99. The van der Waals surface area contributed by atoms with Crippen LogP contribution in [-0.4, -0.2) is 9.38 Å². The van der Waals surface area contributed by atoms with E-state index in [-0.39, 0.29) is 0 Å². The molecule has 0 saturated carbocycles. The minimum Gasteiger partial charge on any atom is -0.457 e. The zero-order valence-electron chi connectivity index (χ0n) is 9.50. The van der Waals surface area contributed by atoms with Crippen molar-refractivity contribution >= 4 is 5.65 Å². The van der Waals surface area contributed by atoms with Crippen LogP contribution in [0.25, 0.3) is 5.65 Å². The Hall–Kier alpha value is -2.29. The molecule has 0 radical (unpaired) electrons. The fourth-order valence-electron chi connectivity index (χ4n) is 1.70. The molecule has 0 aliphatic heterocycles. The van der Waals surface area contributed by atoms with Gasteiger partial charge >= 0.3 is 0 Å². The van der Waals surface area contributed by atoms with Gasteiger partial charge in [0.2, 0.25) is 0 Å². The molecule has 0 bridgehead atoms. The van der Waals surface area contributed by atoms with Crippen LogP contribution in [0.4, 0.5) is 0 Å². The Labute approximate surface area is 99.3 Å². The summed E-state index contributed by atoms with van der Waals surface area (Å²) in [5.41, 5.74) is 2.11. The van der Waals surface area contributed by atoms with E-state index in [0.717, 1.165) is 17.1 Å². The highest BCUT2D eigenvalue weighted by Crippen LogP contribution is 2.22. The summed E-state index contributed by atoms with van der Waals surface area (Å²) < 4.78 is 7.70. The van der Waals surface area contributed by atoms with Gasteiger partial charge in [0, 0.05) is 24.7 Å². The molecule has 17 heavy (non-hydrogen) atoms. The van der Waals surface area contributed by atoms with Gasteiger partial charge in [-0.2, -0.15) is 0 Å². The molecule has 0 spiro atoms. The number of rotatable bonds is 2. The highest BCUT2D eigenvalue weighted by atomic mass is 16.5. The lowest BCUT2D eigenvalue weighted by Crippen LogP contribution is -1.87. The number of ether oxygens (including phenoxy) is 1. The van der Waals surface area contributed by atoms with Crippen LogP contribution >= 0.6 is 0 Å². The van der Waals surface area contributed by atoms with Crippen LogP contribution < -0.4 is 4.74 Å². The smallest absolute Gasteiger partial charge is 0.140 e. The molecule has 0 atom stereocenters. The van der Waals surface area contributed by atoms with Crippen LogP contribution in [0.2, 0.25) is 0 Å². The van der Waals surface area contributed by atoms with E-state index < -0.39 is 0 Å². The summed E-state index contributed by atoms with van der Waals surface area (Å²) in [5, 5.41) is 0. The summed E-state index contributed by atoms with van der Waals surface area (Å²) in [6.07, 6.45) is 5.61. The first kappa shape index (κ1) is 9.90. The van der Waals surface area contributed by atoms with Crippen LogP contribution in [-0.2, 0) is 0 Å². The van der Waals surface area contributed by atoms with Crippen LogP contribution in [0.1, 0.15) is 5.56 Å². The molecular formula is C14H12N2O. The molecule has 3 rings (SSSR count). The first-order chi connectivity index (χ1) is 8.31. The average molecular weight is 224 g/mol. The van der Waals surface area contributed by atoms with E-state index >= 15 is 0 Å². The molecule has 0 fully saturated rings. The Morgan fingerprint density at radius 3 is 2.65 bits per heavy atom. The maximum atomic E-state index is 5.76. The summed E-state index contributed by atoms with van der Waals surface area (Å²) in [6.45, 7) is 2.06. The Kier molecular flexibility index (Phi) is 2.29. The number of fused-ring (bicyclic) bond motifs is 1. The van der Waals surface area contributed by atoms with Crippen molar-refractivity contribution in [1.29, 1.82) is 0 Å². The molecule has 84 valence electrons. The minimum atomic E-state index is 0.799. The molecule has 3 heteroatoms. The lowest BCUT2D eigenvalue weighted by Gasteiger charge is -2.06. The number of hydrogen-bond acceptors (Lipinski definition) is 2. The zero-order chi connectivity index (χ0) is 11.7. The maximum Gasteiger partial charge on any atom is 0.140 e. The molecule has 2 aromatic heterocycles.